The Morgan fingerprint density at radius 2 is 1.65 bits per heavy atom. The van der Waals surface area contributed by atoms with E-state index >= 15 is 0 Å². The average Bonchev–Trinajstić information content (AvgIpc) is 2.37. The van der Waals surface area contributed by atoms with Crippen molar-refractivity contribution in [3.63, 3.8) is 0 Å². The molecule has 0 unspecified atom stereocenters. The Kier molecular flexibility index (Phi) is 6.01. The zero-order valence-electron chi connectivity index (χ0n) is 11.2. The van der Waals surface area contributed by atoms with Crippen molar-refractivity contribution < 1.29 is 0 Å². The molecule has 17 heavy (non-hydrogen) atoms. The molecule has 0 bridgehead atoms. The van der Waals surface area contributed by atoms with E-state index in [0.717, 1.165) is 31.0 Å². The topological polar surface area (TPSA) is 12.0 Å². The maximum absolute atomic E-state index is 5.96. The summed E-state index contributed by atoms with van der Waals surface area (Å²) in [6.45, 7) is 8.89. The van der Waals surface area contributed by atoms with Crippen LogP contribution in [-0.2, 0) is 5.41 Å². The van der Waals surface area contributed by atoms with Crippen molar-refractivity contribution >= 4 is 11.6 Å². The Morgan fingerprint density at radius 3 is 2.12 bits per heavy atom. The predicted octanol–water partition coefficient (Wildman–Crippen LogP) is 4.40. The molecular formula is C15H24ClN. The molecular weight excluding hydrogens is 230 g/mol. The third kappa shape index (κ3) is 3.72. The van der Waals surface area contributed by atoms with Crippen LogP contribution in [0.1, 0.15) is 45.6 Å². The van der Waals surface area contributed by atoms with E-state index in [-0.39, 0.29) is 5.41 Å². The summed E-state index contributed by atoms with van der Waals surface area (Å²) in [4.78, 5) is 0. The number of nitrogens with one attached hydrogen (secondary N) is 1. The normalized spacial score (nSPS) is 11.8. The molecule has 0 radical (unpaired) electrons. The van der Waals surface area contributed by atoms with Crippen LogP contribution in [0.3, 0.4) is 0 Å². The van der Waals surface area contributed by atoms with Gasteiger partial charge in [0.2, 0.25) is 0 Å². The van der Waals surface area contributed by atoms with Crippen molar-refractivity contribution in [2.45, 2.75) is 45.4 Å². The minimum Gasteiger partial charge on any atom is -0.316 e. The molecule has 1 aromatic carbocycles. The van der Waals surface area contributed by atoms with Gasteiger partial charge in [0, 0.05) is 17.0 Å². The number of benzene rings is 1. The van der Waals surface area contributed by atoms with Crippen LogP contribution in [0, 0.1) is 0 Å². The summed E-state index contributed by atoms with van der Waals surface area (Å²) in [5.41, 5.74) is 1.65. The van der Waals surface area contributed by atoms with Gasteiger partial charge < -0.3 is 5.32 Å². The van der Waals surface area contributed by atoms with Gasteiger partial charge in [0.05, 0.1) is 0 Å². The highest BCUT2D eigenvalue weighted by Crippen LogP contribution is 2.31. The molecule has 0 aliphatic rings. The van der Waals surface area contributed by atoms with Crippen molar-refractivity contribution in [2.75, 3.05) is 13.1 Å². The number of hydrogen-bond acceptors (Lipinski definition) is 1. The Balaban J connectivity index is 2.85. The molecule has 0 heterocycles. The van der Waals surface area contributed by atoms with E-state index in [1.54, 1.807) is 0 Å². The SMILES string of the molecule is CCCNCC(CC)(CC)c1ccc(Cl)cc1. The van der Waals surface area contributed by atoms with Gasteiger partial charge in [0.25, 0.3) is 0 Å². The summed E-state index contributed by atoms with van der Waals surface area (Å²) in [6.07, 6.45) is 3.49. The van der Waals surface area contributed by atoms with Gasteiger partial charge >= 0.3 is 0 Å². The predicted molar refractivity (Wildman–Crippen MR) is 76.9 cm³/mol. The van der Waals surface area contributed by atoms with E-state index in [1.165, 1.54) is 12.0 Å². The first-order valence-electron chi connectivity index (χ1n) is 6.65. The maximum Gasteiger partial charge on any atom is 0.0406 e. The lowest BCUT2D eigenvalue weighted by atomic mass is 9.76. The van der Waals surface area contributed by atoms with Gasteiger partial charge in [-0.2, -0.15) is 0 Å². The Labute approximate surface area is 111 Å². The average molecular weight is 254 g/mol. The summed E-state index contributed by atoms with van der Waals surface area (Å²) >= 11 is 5.96. The van der Waals surface area contributed by atoms with Crippen LogP contribution in [0.4, 0.5) is 0 Å². The molecule has 96 valence electrons. The molecule has 0 aliphatic heterocycles. The van der Waals surface area contributed by atoms with E-state index in [9.17, 15) is 0 Å². The highest BCUT2D eigenvalue weighted by molar-refractivity contribution is 6.30. The highest BCUT2D eigenvalue weighted by atomic mass is 35.5. The zero-order chi connectivity index (χ0) is 12.7. The number of hydrogen-bond donors (Lipinski definition) is 1. The van der Waals surface area contributed by atoms with Crippen molar-refractivity contribution in [1.82, 2.24) is 5.32 Å². The van der Waals surface area contributed by atoms with E-state index in [4.69, 9.17) is 11.6 Å². The van der Waals surface area contributed by atoms with E-state index in [2.05, 4.69) is 38.2 Å². The van der Waals surface area contributed by atoms with Gasteiger partial charge in [-0.25, -0.2) is 0 Å². The second kappa shape index (κ2) is 7.03. The molecule has 0 spiro atoms. The van der Waals surface area contributed by atoms with E-state index < -0.39 is 0 Å². The Hall–Kier alpha value is -0.530. The molecule has 0 saturated carbocycles. The van der Waals surface area contributed by atoms with Crippen molar-refractivity contribution in [1.29, 1.82) is 0 Å². The standard InChI is InChI=1S/C15H24ClN/c1-4-11-17-12-15(5-2,6-3)13-7-9-14(16)10-8-13/h7-10,17H,4-6,11-12H2,1-3H3. The zero-order valence-corrected chi connectivity index (χ0v) is 12.0. The lowest BCUT2D eigenvalue weighted by Crippen LogP contribution is -2.37. The summed E-state index contributed by atoms with van der Waals surface area (Å²) in [6, 6.07) is 8.33. The molecule has 0 aliphatic carbocycles. The molecule has 1 rings (SSSR count). The fraction of sp³-hybridized carbons (Fsp3) is 0.600. The fourth-order valence-corrected chi connectivity index (χ4v) is 2.44. The smallest absolute Gasteiger partial charge is 0.0406 e. The molecule has 0 fully saturated rings. The molecule has 1 nitrogen and oxygen atoms in total. The van der Waals surface area contributed by atoms with E-state index in [1.807, 2.05) is 12.1 Å². The molecule has 2 heteroatoms. The minimum atomic E-state index is 0.250. The van der Waals surface area contributed by atoms with Crippen LogP contribution in [0.5, 0.6) is 0 Å². The molecule has 0 atom stereocenters. The van der Waals surface area contributed by atoms with Crippen molar-refractivity contribution in [3.8, 4) is 0 Å². The van der Waals surface area contributed by atoms with Gasteiger partial charge in [-0.3, -0.25) is 0 Å². The van der Waals surface area contributed by atoms with Gasteiger partial charge in [0.1, 0.15) is 0 Å². The van der Waals surface area contributed by atoms with Crippen LogP contribution in [0.25, 0.3) is 0 Å². The van der Waals surface area contributed by atoms with Crippen molar-refractivity contribution in [3.05, 3.63) is 34.9 Å². The van der Waals surface area contributed by atoms with E-state index in [0.29, 0.717) is 0 Å². The maximum atomic E-state index is 5.96. The Bertz CT molecular complexity index is 314. The van der Waals surface area contributed by atoms with Crippen LogP contribution in [-0.4, -0.2) is 13.1 Å². The van der Waals surface area contributed by atoms with Crippen LogP contribution < -0.4 is 5.32 Å². The van der Waals surface area contributed by atoms with Crippen molar-refractivity contribution in [2.24, 2.45) is 0 Å². The first kappa shape index (κ1) is 14.5. The lowest BCUT2D eigenvalue weighted by molar-refractivity contribution is 0.369. The third-order valence-corrected chi connectivity index (χ3v) is 3.95. The fourth-order valence-electron chi connectivity index (χ4n) is 2.32. The molecule has 0 aromatic heterocycles. The summed E-state index contributed by atoms with van der Waals surface area (Å²) in [7, 11) is 0. The Morgan fingerprint density at radius 1 is 1.06 bits per heavy atom. The molecule has 1 aromatic rings. The second-order valence-corrected chi connectivity index (χ2v) is 5.11. The highest BCUT2D eigenvalue weighted by Gasteiger charge is 2.27. The van der Waals surface area contributed by atoms with Gasteiger partial charge in [-0.05, 0) is 43.5 Å². The monoisotopic (exact) mass is 253 g/mol. The molecule has 0 saturated heterocycles. The summed E-state index contributed by atoms with van der Waals surface area (Å²) in [5, 5.41) is 4.37. The van der Waals surface area contributed by atoms with Gasteiger partial charge in [-0.1, -0.05) is 44.5 Å². The van der Waals surface area contributed by atoms with Gasteiger partial charge in [-0.15, -0.1) is 0 Å². The summed E-state index contributed by atoms with van der Waals surface area (Å²) in [5.74, 6) is 0. The van der Waals surface area contributed by atoms with Crippen LogP contribution >= 0.6 is 11.6 Å². The third-order valence-electron chi connectivity index (χ3n) is 3.70. The number of halogens is 1. The quantitative estimate of drug-likeness (QED) is 0.711. The van der Waals surface area contributed by atoms with Crippen LogP contribution in [0.2, 0.25) is 5.02 Å². The summed E-state index contributed by atoms with van der Waals surface area (Å²) < 4.78 is 0. The molecule has 1 N–H and O–H groups in total. The first-order valence-corrected chi connectivity index (χ1v) is 7.03. The first-order chi connectivity index (χ1) is 8.18. The second-order valence-electron chi connectivity index (χ2n) is 4.67. The minimum absolute atomic E-state index is 0.250. The number of rotatable bonds is 7. The van der Waals surface area contributed by atoms with Gasteiger partial charge in [0.15, 0.2) is 0 Å². The molecule has 0 amide bonds. The largest absolute Gasteiger partial charge is 0.316 e. The van der Waals surface area contributed by atoms with Crippen LogP contribution in [0.15, 0.2) is 24.3 Å². The lowest BCUT2D eigenvalue weighted by Gasteiger charge is -2.33.